The van der Waals surface area contributed by atoms with Crippen molar-refractivity contribution in [1.82, 2.24) is 14.5 Å². The van der Waals surface area contributed by atoms with E-state index in [-0.39, 0.29) is 0 Å². The van der Waals surface area contributed by atoms with E-state index >= 15 is 0 Å². The number of pyridine rings is 1. The highest BCUT2D eigenvalue weighted by atomic mass is 15.1. The summed E-state index contributed by atoms with van der Waals surface area (Å²) in [6.45, 7) is 8.62. The second kappa shape index (κ2) is 3.65. The maximum absolute atomic E-state index is 4.46. The highest BCUT2D eigenvalue weighted by molar-refractivity contribution is 5.77. The number of hydrogen-bond donors (Lipinski definition) is 0. The van der Waals surface area contributed by atoms with E-state index in [9.17, 15) is 0 Å². The van der Waals surface area contributed by atoms with Crippen LogP contribution in [0.2, 0.25) is 0 Å². The van der Waals surface area contributed by atoms with Crippen LogP contribution in [-0.2, 0) is 0 Å². The lowest BCUT2D eigenvalue weighted by Gasteiger charge is -2.09. The van der Waals surface area contributed by atoms with Gasteiger partial charge in [0.2, 0.25) is 0 Å². The van der Waals surface area contributed by atoms with Crippen LogP contribution >= 0.6 is 0 Å². The third-order valence-corrected chi connectivity index (χ3v) is 2.62. The summed E-state index contributed by atoms with van der Waals surface area (Å²) in [6, 6.07) is 2.48. The van der Waals surface area contributed by atoms with E-state index in [1.54, 1.807) is 0 Å². The van der Waals surface area contributed by atoms with Crippen LogP contribution in [0, 0.1) is 0 Å². The Balaban J connectivity index is 2.69. The number of hydrogen-bond acceptors (Lipinski definition) is 2. The zero-order valence-corrected chi connectivity index (χ0v) is 9.73. The number of nitrogens with zero attached hydrogens (tertiary/aromatic N) is 3. The standard InChI is InChI=1S/C12H17N3/c1-8(2)11-12-10(5-6-13-11)15(7-14-12)9(3)4/h5-9H,1-4H3. The van der Waals surface area contributed by atoms with Crippen molar-refractivity contribution in [2.24, 2.45) is 0 Å². The molecule has 2 aromatic heterocycles. The molecule has 0 saturated carbocycles. The molecule has 0 saturated heterocycles. The Kier molecular flexibility index (Phi) is 2.47. The lowest BCUT2D eigenvalue weighted by Crippen LogP contribution is -1.99. The average molecular weight is 203 g/mol. The molecular weight excluding hydrogens is 186 g/mol. The first-order valence-corrected chi connectivity index (χ1v) is 5.42. The average Bonchev–Trinajstić information content (AvgIpc) is 2.59. The van der Waals surface area contributed by atoms with Crippen molar-refractivity contribution in [3.05, 3.63) is 24.3 Å². The minimum absolute atomic E-state index is 0.421. The van der Waals surface area contributed by atoms with Crippen molar-refractivity contribution < 1.29 is 0 Å². The summed E-state index contributed by atoms with van der Waals surface area (Å²) < 4.78 is 2.18. The largest absolute Gasteiger partial charge is 0.328 e. The van der Waals surface area contributed by atoms with E-state index in [1.807, 2.05) is 18.6 Å². The number of aromatic nitrogens is 3. The molecule has 15 heavy (non-hydrogen) atoms. The van der Waals surface area contributed by atoms with Gasteiger partial charge in [-0.05, 0) is 25.8 Å². The van der Waals surface area contributed by atoms with Gasteiger partial charge in [-0.15, -0.1) is 0 Å². The summed E-state index contributed by atoms with van der Waals surface area (Å²) in [5, 5.41) is 0. The lowest BCUT2D eigenvalue weighted by molar-refractivity contribution is 0.617. The van der Waals surface area contributed by atoms with Crippen LogP contribution < -0.4 is 0 Å². The van der Waals surface area contributed by atoms with Crippen LogP contribution in [0.1, 0.15) is 45.3 Å². The lowest BCUT2D eigenvalue weighted by atomic mass is 10.1. The molecule has 0 aliphatic rings. The van der Waals surface area contributed by atoms with Gasteiger partial charge in [0.25, 0.3) is 0 Å². The van der Waals surface area contributed by atoms with Gasteiger partial charge < -0.3 is 4.57 Å². The van der Waals surface area contributed by atoms with Crippen molar-refractivity contribution in [1.29, 1.82) is 0 Å². The molecule has 0 aliphatic carbocycles. The topological polar surface area (TPSA) is 30.7 Å². The Bertz CT molecular complexity index is 469. The van der Waals surface area contributed by atoms with Gasteiger partial charge in [0.1, 0.15) is 5.52 Å². The Labute approximate surface area is 90.2 Å². The van der Waals surface area contributed by atoms with Crippen LogP contribution in [0.4, 0.5) is 0 Å². The molecule has 0 fully saturated rings. The smallest absolute Gasteiger partial charge is 0.110 e. The summed E-state index contributed by atoms with van der Waals surface area (Å²) in [6.07, 6.45) is 3.78. The maximum atomic E-state index is 4.46. The van der Waals surface area contributed by atoms with Gasteiger partial charge in [0.15, 0.2) is 0 Å². The van der Waals surface area contributed by atoms with Crippen LogP contribution in [0.25, 0.3) is 11.0 Å². The Morgan fingerprint density at radius 3 is 2.47 bits per heavy atom. The van der Waals surface area contributed by atoms with Gasteiger partial charge in [0, 0.05) is 12.2 Å². The van der Waals surface area contributed by atoms with Crippen molar-refractivity contribution in [3.8, 4) is 0 Å². The molecule has 3 nitrogen and oxygen atoms in total. The molecule has 0 aromatic carbocycles. The molecule has 0 amide bonds. The summed E-state index contributed by atoms with van der Waals surface area (Å²) in [7, 11) is 0. The van der Waals surface area contributed by atoms with Gasteiger partial charge in [-0.1, -0.05) is 13.8 Å². The second-order valence-electron chi connectivity index (χ2n) is 4.46. The summed E-state index contributed by atoms with van der Waals surface area (Å²) >= 11 is 0. The van der Waals surface area contributed by atoms with E-state index in [0.717, 1.165) is 11.2 Å². The fraction of sp³-hybridized carbons (Fsp3) is 0.500. The molecule has 0 aliphatic heterocycles. The first kappa shape index (κ1) is 10.1. The molecule has 2 rings (SSSR count). The quantitative estimate of drug-likeness (QED) is 0.750. The van der Waals surface area contributed by atoms with Crippen molar-refractivity contribution in [3.63, 3.8) is 0 Å². The van der Waals surface area contributed by atoms with Gasteiger partial charge in [-0.3, -0.25) is 4.98 Å². The Morgan fingerprint density at radius 1 is 1.13 bits per heavy atom. The predicted octanol–water partition coefficient (Wildman–Crippen LogP) is 3.14. The molecule has 0 atom stereocenters. The van der Waals surface area contributed by atoms with Gasteiger partial charge >= 0.3 is 0 Å². The Hall–Kier alpha value is -1.38. The fourth-order valence-electron chi connectivity index (χ4n) is 1.82. The fourth-order valence-corrected chi connectivity index (χ4v) is 1.82. The molecule has 0 bridgehead atoms. The van der Waals surface area contributed by atoms with E-state index < -0.39 is 0 Å². The number of rotatable bonds is 2. The number of imidazole rings is 1. The first-order chi connectivity index (χ1) is 7.11. The van der Waals surface area contributed by atoms with E-state index in [1.165, 1.54) is 5.52 Å². The molecule has 0 radical (unpaired) electrons. The summed E-state index contributed by atoms with van der Waals surface area (Å²) in [4.78, 5) is 8.86. The van der Waals surface area contributed by atoms with Crippen LogP contribution in [0.15, 0.2) is 18.6 Å². The molecular formula is C12H17N3. The third kappa shape index (κ3) is 1.62. The predicted molar refractivity (Wildman–Crippen MR) is 62.0 cm³/mol. The molecule has 2 aromatic rings. The SMILES string of the molecule is CC(C)c1nccc2c1ncn2C(C)C. The summed E-state index contributed by atoms with van der Waals surface area (Å²) in [5.74, 6) is 0.421. The highest BCUT2D eigenvalue weighted by Gasteiger charge is 2.11. The molecule has 3 heteroatoms. The van der Waals surface area contributed by atoms with Crippen molar-refractivity contribution in [2.75, 3.05) is 0 Å². The van der Waals surface area contributed by atoms with E-state index in [0.29, 0.717) is 12.0 Å². The van der Waals surface area contributed by atoms with E-state index in [2.05, 4.69) is 42.2 Å². The van der Waals surface area contributed by atoms with Crippen LogP contribution in [0.3, 0.4) is 0 Å². The van der Waals surface area contributed by atoms with E-state index in [4.69, 9.17) is 0 Å². The molecule has 0 N–H and O–H groups in total. The second-order valence-corrected chi connectivity index (χ2v) is 4.46. The van der Waals surface area contributed by atoms with Gasteiger partial charge in [-0.2, -0.15) is 0 Å². The van der Waals surface area contributed by atoms with Crippen LogP contribution in [-0.4, -0.2) is 14.5 Å². The number of fused-ring (bicyclic) bond motifs is 1. The van der Waals surface area contributed by atoms with Crippen LogP contribution in [0.5, 0.6) is 0 Å². The molecule has 2 heterocycles. The first-order valence-electron chi connectivity index (χ1n) is 5.42. The van der Waals surface area contributed by atoms with Gasteiger partial charge in [-0.25, -0.2) is 4.98 Å². The molecule has 0 unspecified atom stereocenters. The minimum Gasteiger partial charge on any atom is -0.328 e. The maximum Gasteiger partial charge on any atom is 0.110 e. The highest BCUT2D eigenvalue weighted by Crippen LogP contribution is 2.23. The minimum atomic E-state index is 0.421. The zero-order valence-electron chi connectivity index (χ0n) is 9.73. The third-order valence-electron chi connectivity index (χ3n) is 2.62. The summed E-state index contributed by atoms with van der Waals surface area (Å²) in [5.41, 5.74) is 3.32. The zero-order chi connectivity index (χ0) is 11.0. The van der Waals surface area contributed by atoms with Gasteiger partial charge in [0.05, 0.1) is 17.5 Å². The van der Waals surface area contributed by atoms with Crippen molar-refractivity contribution in [2.45, 2.75) is 39.7 Å². The Morgan fingerprint density at radius 2 is 1.87 bits per heavy atom. The van der Waals surface area contributed by atoms with Crippen molar-refractivity contribution >= 4 is 11.0 Å². The normalized spacial score (nSPS) is 11.9. The monoisotopic (exact) mass is 203 g/mol. The molecule has 0 spiro atoms. The molecule has 80 valence electrons.